The molecule has 1 aliphatic carbocycles. The molecule has 1 aromatic rings. The van der Waals surface area contributed by atoms with Gasteiger partial charge in [-0.2, -0.15) is 0 Å². The zero-order chi connectivity index (χ0) is 25.4. The molecule has 198 valence electrons. The van der Waals surface area contributed by atoms with Gasteiger partial charge in [-0.3, -0.25) is 14.6 Å². The van der Waals surface area contributed by atoms with Crippen LogP contribution in [0.25, 0.3) is 0 Å². The van der Waals surface area contributed by atoms with Gasteiger partial charge in [-0.1, -0.05) is 49.3 Å². The van der Waals surface area contributed by atoms with Gasteiger partial charge in [-0.15, -0.1) is 6.58 Å². The van der Waals surface area contributed by atoms with Crippen molar-refractivity contribution in [3.8, 4) is 5.75 Å². The standard InChI is InChI=1S/C32H43N3O2/c1-3-19-34-27-15-16-28(34)30-18-17-29(27)35(30)31(25-9-8-10-26(22-25)37-2)23-11-13-24(14-12-23)32(36)33-20-6-4-5-7-21-33/h3,8-13,22,24,27-31H,1,4-7,14-21H2,2H3. The van der Waals surface area contributed by atoms with Crippen LogP contribution in [0.3, 0.4) is 0 Å². The third-order valence-corrected chi connectivity index (χ3v) is 9.75. The number of ether oxygens (including phenoxy) is 1. The van der Waals surface area contributed by atoms with Gasteiger partial charge in [0.2, 0.25) is 5.91 Å². The molecule has 6 rings (SSSR count). The molecule has 0 radical (unpaired) electrons. The number of likely N-dealkylation sites (tertiary alicyclic amines) is 1. The number of methoxy groups -OCH3 is 1. The molecule has 6 unspecified atom stereocenters. The van der Waals surface area contributed by atoms with Gasteiger partial charge in [0.25, 0.3) is 0 Å². The number of amides is 1. The lowest BCUT2D eigenvalue weighted by molar-refractivity contribution is -0.133. The third kappa shape index (κ3) is 4.59. The minimum atomic E-state index is -0.0230. The fraction of sp³-hybridized carbons (Fsp3) is 0.594. The van der Waals surface area contributed by atoms with Crippen LogP contribution in [-0.4, -0.2) is 71.5 Å². The highest BCUT2D eigenvalue weighted by molar-refractivity contribution is 5.81. The Kier molecular flexibility index (Phi) is 7.27. The zero-order valence-electron chi connectivity index (χ0n) is 22.4. The first-order valence-electron chi connectivity index (χ1n) is 14.6. The van der Waals surface area contributed by atoms with E-state index in [-0.39, 0.29) is 12.0 Å². The predicted octanol–water partition coefficient (Wildman–Crippen LogP) is 5.51. The van der Waals surface area contributed by atoms with E-state index < -0.39 is 0 Å². The average molecular weight is 502 g/mol. The fourth-order valence-electron chi connectivity index (χ4n) is 8.11. The number of hydrogen-bond donors (Lipinski definition) is 0. The van der Waals surface area contributed by atoms with Crippen molar-refractivity contribution >= 4 is 5.91 Å². The van der Waals surface area contributed by atoms with Crippen molar-refractivity contribution in [2.75, 3.05) is 26.7 Å². The van der Waals surface area contributed by atoms with Crippen molar-refractivity contribution in [2.45, 2.75) is 88.0 Å². The topological polar surface area (TPSA) is 36.0 Å². The summed E-state index contributed by atoms with van der Waals surface area (Å²) in [6.07, 6.45) is 19.7. The Balaban J connectivity index is 1.29. The maximum atomic E-state index is 13.3. The number of allylic oxidation sites excluding steroid dienone is 1. The summed E-state index contributed by atoms with van der Waals surface area (Å²) in [5, 5.41) is 0. The second-order valence-corrected chi connectivity index (χ2v) is 11.7. The van der Waals surface area contributed by atoms with Crippen LogP contribution in [0, 0.1) is 5.92 Å². The van der Waals surface area contributed by atoms with E-state index in [4.69, 9.17) is 4.74 Å². The SMILES string of the molecule is C=CCN1C2CCC1C1CCC2N1C(C1=CCC(C(=O)N2CCCCCC2)C=C1)c1cccc(OC)c1. The Hall–Kier alpha value is -2.37. The Morgan fingerprint density at radius 2 is 1.76 bits per heavy atom. The molecule has 6 atom stereocenters. The van der Waals surface area contributed by atoms with Gasteiger partial charge in [0, 0.05) is 43.8 Å². The Bertz CT molecular complexity index is 1040. The van der Waals surface area contributed by atoms with E-state index in [2.05, 4.69) is 63.8 Å². The quantitative estimate of drug-likeness (QED) is 0.462. The second-order valence-electron chi connectivity index (χ2n) is 11.7. The smallest absolute Gasteiger partial charge is 0.229 e. The number of benzene rings is 1. The molecule has 4 aliphatic heterocycles. The zero-order valence-corrected chi connectivity index (χ0v) is 22.4. The highest BCUT2D eigenvalue weighted by Crippen LogP contribution is 2.51. The van der Waals surface area contributed by atoms with E-state index >= 15 is 0 Å². The lowest BCUT2D eigenvalue weighted by atomic mass is 9.86. The summed E-state index contributed by atoms with van der Waals surface area (Å²) in [4.78, 5) is 21.1. The molecule has 5 nitrogen and oxygen atoms in total. The molecule has 0 N–H and O–H groups in total. The lowest BCUT2D eigenvalue weighted by Crippen LogP contribution is -2.61. The molecular formula is C32H43N3O2. The molecule has 37 heavy (non-hydrogen) atoms. The van der Waals surface area contributed by atoms with Gasteiger partial charge in [0.05, 0.1) is 19.1 Å². The van der Waals surface area contributed by atoms with Gasteiger partial charge >= 0.3 is 0 Å². The van der Waals surface area contributed by atoms with Crippen molar-refractivity contribution in [2.24, 2.45) is 5.92 Å². The second kappa shape index (κ2) is 10.8. The summed E-state index contributed by atoms with van der Waals surface area (Å²) < 4.78 is 5.65. The van der Waals surface area contributed by atoms with Crippen LogP contribution in [0.5, 0.6) is 5.75 Å². The van der Waals surface area contributed by atoms with Crippen molar-refractivity contribution < 1.29 is 9.53 Å². The van der Waals surface area contributed by atoms with Gasteiger partial charge in [-0.25, -0.2) is 0 Å². The van der Waals surface area contributed by atoms with Crippen LogP contribution in [0.2, 0.25) is 0 Å². The van der Waals surface area contributed by atoms with E-state index in [1.165, 1.54) is 49.7 Å². The molecule has 4 heterocycles. The van der Waals surface area contributed by atoms with Crippen LogP contribution >= 0.6 is 0 Å². The molecular weight excluding hydrogens is 458 g/mol. The first kappa shape index (κ1) is 24.9. The van der Waals surface area contributed by atoms with Crippen LogP contribution in [-0.2, 0) is 4.79 Å². The molecule has 0 spiro atoms. The van der Waals surface area contributed by atoms with E-state index in [1.54, 1.807) is 7.11 Å². The number of hydrogen-bond acceptors (Lipinski definition) is 4. The molecule has 0 saturated carbocycles. The molecule has 5 aliphatic rings. The lowest BCUT2D eigenvalue weighted by Gasteiger charge is -2.50. The Morgan fingerprint density at radius 3 is 2.38 bits per heavy atom. The molecule has 4 fully saturated rings. The van der Waals surface area contributed by atoms with Crippen molar-refractivity contribution in [1.29, 1.82) is 0 Å². The van der Waals surface area contributed by atoms with Crippen molar-refractivity contribution in [3.63, 3.8) is 0 Å². The van der Waals surface area contributed by atoms with Crippen LogP contribution < -0.4 is 4.74 Å². The minimum Gasteiger partial charge on any atom is -0.497 e. The number of nitrogens with zero attached hydrogens (tertiary/aromatic N) is 3. The molecule has 0 aromatic heterocycles. The summed E-state index contributed by atoms with van der Waals surface area (Å²) in [6, 6.07) is 11.2. The summed E-state index contributed by atoms with van der Waals surface area (Å²) >= 11 is 0. The van der Waals surface area contributed by atoms with Crippen molar-refractivity contribution in [1.82, 2.24) is 14.7 Å². The summed E-state index contributed by atoms with van der Waals surface area (Å²) in [7, 11) is 1.75. The third-order valence-electron chi connectivity index (χ3n) is 9.75. The maximum absolute atomic E-state index is 13.3. The monoisotopic (exact) mass is 501 g/mol. The summed E-state index contributed by atoms with van der Waals surface area (Å²) in [6.45, 7) is 6.91. The highest BCUT2D eigenvalue weighted by atomic mass is 16.5. The number of fused-ring (bicyclic) bond motifs is 6. The number of carbonyl (C=O) groups is 1. The molecule has 1 amide bonds. The van der Waals surface area contributed by atoms with Gasteiger partial charge in [-0.05, 0) is 68.2 Å². The fourth-order valence-corrected chi connectivity index (χ4v) is 8.11. The predicted molar refractivity (Wildman–Crippen MR) is 148 cm³/mol. The normalized spacial score (nSPS) is 32.6. The first-order chi connectivity index (χ1) is 18.2. The Morgan fingerprint density at radius 1 is 1.05 bits per heavy atom. The first-order valence-corrected chi connectivity index (χ1v) is 14.6. The van der Waals surface area contributed by atoms with E-state index in [0.29, 0.717) is 30.1 Å². The van der Waals surface area contributed by atoms with Gasteiger partial charge < -0.3 is 9.64 Å². The average Bonchev–Trinajstić information content (AvgIpc) is 3.30. The minimum absolute atomic E-state index is 0.0230. The molecule has 4 saturated heterocycles. The highest BCUT2D eigenvalue weighted by Gasteiger charge is 2.56. The van der Waals surface area contributed by atoms with Crippen LogP contribution in [0.1, 0.15) is 69.4 Å². The van der Waals surface area contributed by atoms with E-state index in [1.807, 2.05) is 6.07 Å². The molecule has 4 bridgehead atoms. The summed E-state index contributed by atoms with van der Waals surface area (Å²) in [5.74, 6) is 1.21. The van der Waals surface area contributed by atoms with Crippen LogP contribution in [0.15, 0.2) is 60.7 Å². The largest absolute Gasteiger partial charge is 0.497 e. The van der Waals surface area contributed by atoms with Crippen LogP contribution in [0.4, 0.5) is 0 Å². The van der Waals surface area contributed by atoms with E-state index in [0.717, 1.165) is 44.6 Å². The van der Waals surface area contributed by atoms with Crippen molar-refractivity contribution in [3.05, 3.63) is 66.3 Å². The molecule has 5 heteroatoms. The van der Waals surface area contributed by atoms with Gasteiger partial charge in [0.15, 0.2) is 0 Å². The number of rotatable bonds is 7. The Labute approximate surface area is 222 Å². The summed E-state index contributed by atoms with van der Waals surface area (Å²) in [5.41, 5.74) is 2.66. The van der Waals surface area contributed by atoms with Gasteiger partial charge in [0.1, 0.15) is 5.75 Å². The van der Waals surface area contributed by atoms with E-state index in [9.17, 15) is 4.79 Å². The molecule has 1 aromatic carbocycles. The number of carbonyl (C=O) groups excluding carboxylic acids is 1. The number of piperazine rings is 1. The maximum Gasteiger partial charge on any atom is 0.229 e.